The van der Waals surface area contributed by atoms with E-state index in [4.69, 9.17) is 9.47 Å². The predicted octanol–water partition coefficient (Wildman–Crippen LogP) is 2.50. The van der Waals surface area contributed by atoms with Crippen LogP contribution >= 0.6 is 0 Å². The molecule has 0 heterocycles. The lowest BCUT2D eigenvalue weighted by atomic mass is 9.62. The molecule has 1 aromatic carbocycles. The second-order valence-electron chi connectivity index (χ2n) is 7.79. The quantitative estimate of drug-likeness (QED) is 0.780. The molecule has 0 aliphatic heterocycles. The molecule has 136 valence electrons. The van der Waals surface area contributed by atoms with Crippen molar-refractivity contribution >= 4 is 23.3 Å². The number of esters is 2. The van der Waals surface area contributed by atoms with Crippen molar-refractivity contribution < 1.29 is 23.9 Å². The van der Waals surface area contributed by atoms with Gasteiger partial charge in [0.1, 0.15) is 0 Å². The fraction of sp³-hybridized carbons (Fsp3) is 0.476. The van der Waals surface area contributed by atoms with Crippen molar-refractivity contribution in [2.45, 2.75) is 13.3 Å². The van der Waals surface area contributed by atoms with E-state index in [9.17, 15) is 14.4 Å². The minimum Gasteiger partial charge on any atom is -0.469 e. The first-order chi connectivity index (χ1) is 12.4. The van der Waals surface area contributed by atoms with Crippen LogP contribution in [0.2, 0.25) is 0 Å². The smallest absolute Gasteiger partial charge is 0.310 e. The van der Waals surface area contributed by atoms with Crippen molar-refractivity contribution in [2.24, 2.45) is 35.0 Å². The Morgan fingerprint density at radius 3 is 2.35 bits per heavy atom. The number of rotatable bonds is 3. The van der Waals surface area contributed by atoms with Crippen molar-refractivity contribution in [3.8, 4) is 0 Å². The monoisotopic (exact) mass is 354 g/mol. The maximum atomic E-state index is 13.2. The van der Waals surface area contributed by atoms with E-state index in [-0.39, 0.29) is 23.5 Å². The average Bonchev–Trinajstić information content (AvgIpc) is 3.26. The standard InChI is InChI=1S/C21H22O5/c1-21-10-13(16(19(23)25-2)17(21)20(24)26-3)15-14(21)9-12(18(15)22)11-7-5-4-6-8-11/h4-9,13-17H,10H2,1-3H3/t13-,14+,15+,16+,17-,21+/m0/s1. The number of ether oxygens (including phenoxy) is 2. The number of carbonyl (C=O) groups is 3. The lowest BCUT2D eigenvalue weighted by molar-refractivity contribution is -0.165. The van der Waals surface area contributed by atoms with Crippen molar-refractivity contribution in [2.75, 3.05) is 14.2 Å². The lowest BCUT2D eigenvalue weighted by Gasteiger charge is -2.40. The molecule has 5 nitrogen and oxygen atoms in total. The molecule has 0 amide bonds. The Kier molecular flexibility index (Phi) is 3.79. The predicted molar refractivity (Wildman–Crippen MR) is 93.6 cm³/mol. The van der Waals surface area contributed by atoms with E-state index < -0.39 is 29.2 Å². The van der Waals surface area contributed by atoms with Crippen LogP contribution < -0.4 is 0 Å². The largest absolute Gasteiger partial charge is 0.469 e. The van der Waals surface area contributed by atoms with E-state index in [2.05, 4.69) is 0 Å². The Morgan fingerprint density at radius 1 is 1.08 bits per heavy atom. The molecule has 1 aromatic rings. The molecule has 0 unspecified atom stereocenters. The highest BCUT2D eigenvalue weighted by atomic mass is 16.5. The summed E-state index contributed by atoms with van der Waals surface area (Å²) in [6.07, 6.45) is 2.68. The minimum absolute atomic E-state index is 0.0554. The number of ketones is 1. The summed E-state index contributed by atoms with van der Waals surface area (Å²) >= 11 is 0. The molecule has 0 N–H and O–H groups in total. The third-order valence-corrected chi connectivity index (χ3v) is 6.74. The van der Waals surface area contributed by atoms with E-state index in [0.29, 0.717) is 12.0 Å². The van der Waals surface area contributed by atoms with Crippen LogP contribution in [0.15, 0.2) is 36.4 Å². The fourth-order valence-electron chi connectivity index (χ4n) is 5.73. The van der Waals surface area contributed by atoms with Crippen LogP contribution in [0.4, 0.5) is 0 Å². The molecule has 0 radical (unpaired) electrons. The van der Waals surface area contributed by atoms with Crippen LogP contribution in [0.5, 0.6) is 0 Å². The number of benzene rings is 1. The zero-order chi connectivity index (χ0) is 18.6. The number of fused-ring (bicyclic) bond motifs is 5. The van der Waals surface area contributed by atoms with Crippen molar-refractivity contribution in [3.63, 3.8) is 0 Å². The normalized spacial score (nSPS) is 37.3. The van der Waals surface area contributed by atoms with Crippen LogP contribution in [0.3, 0.4) is 0 Å². The molecule has 5 heteroatoms. The van der Waals surface area contributed by atoms with Gasteiger partial charge < -0.3 is 9.47 Å². The third-order valence-electron chi connectivity index (χ3n) is 6.74. The lowest BCUT2D eigenvalue weighted by Crippen LogP contribution is -2.47. The molecule has 26 heavy (non-hydrogen) atoms. The van der Waals surface area contributed by atoms with Gasteiger partial charge in [-0.25, -0.2) is 0 Å². The molecule has 3 aliphatic carbocycles. The Bertz CT molecular complexity index is 811. The molecule has 4 rings (SSSR count). The first-order valence-corrected chi connectivity index (χ1v) is 8.91. The second kappa shape index (κ2) is 5.79. The van der Waals surface area contributed by atoms with Gasteiger partial charge in [-0.2, -0.15) is 0 Å². The van der Waals surface area contributed by atoms with Gasteiger partial charge in [-0.1, -0.05) is 43.3 Å². The van der Waals surface area contributed by atoms with Crippen molar-refractivity contribution in [1.29, 1.82) is 0 Å². The number of methoxy groups -OCH3 is 2. The molecule has 0 spiro atoms. The first-order valence-electron chi connectivity index (χ1n) is 8.91. The van der Waals surface area contributed by atoms with Crippen molar-refractivity contribution in [3.05, 3.63) is 42.0 Å². The molecular weight excluding hydrogens is 332 g/mol. The van der Waals surface area contributed by atoms with Crippen molar-refractivity contribution in [1.82, 2.24) is 0 Å². The molecule has 2 saturated carbocycles. The maximum absolute atomic E-state index is 13.2. The van der Waals surface area contributed by atoms with Crippen LogP contribution in [0, 0.1) is 35.0 Å². The summed E-state index contributed by atoms with van der Waals surface area (Å²) in [6.45, 7) is 2.01. The molecule has 2 bridgehead atoms. The van der Waals surface area contributed by atoms with Crippen LogP contribution in [0.25, 0.3) is 5.57 Å². The number of allylic oxidation sites excluding steroid dienone is 2. The minimum atomic E-state index is -0.619. The summed E-state index contributed by atoms with van der Waals surface area (Å²) in [6, 6.07) is 9.57. The third kappa shape index (κ3) is 2.06. The van der Waals surface area contributed by atoms with E-state index in [1.54, 1.807) is 0 Å². The molecule has 2 fully saturated rings. The van der Waals surface area contributed by atoms with E-state index in [1.165, 1.54) is 14.2 Å². The van der Waals surface area contributed by atoms with Gasteiger partial charge >= 0.3 is 11.9 Å². The van der Waals surface area contributed by atoms with Gasteiger partial charge in [-0.15, -0.1) is 0 Å². The highest BCUT2D eigenvalue weighted by molar-refractivity contribution is 6.24. The van der Waals surface area contributed by atoms with Gasteiger partial charge in [0.25, 0.3) is 0 Å². The highest BCUT2D eigenvalue weighted by Crippen LogP contribution is 2.69. The summed E-state index contributed by atoms with van der Waals surface area (Å²) in [4.78, 5) is 38.2. The SMILES string of the molecule is COC(=O)[C@@H]1[C@H]2C[C@](C)([C@@H]3C=C(c4ccccc4)C(=O)[C@H]23)[C@@H]1C(=O)OC. The number of hydrogen-bond acceptors (Lipinski definition) is 5. The summed E-state index contributed by atoms with van der Waals surface area (Å²) < 4.78 is 9.99. The molecule has 0 aromatic heterocycles. The zero-order valence-electron chi connectivity index (χ0n) is 15.1. The zero-order valence-corrected chi connectivity index (χ0v) is 15.1. The van der Waals surface area contributed by atoms with E-state index in [1.807, 2.05) is 43.3 Å². The number of hydrogen-bond donors (Lipinski definition) is 0. The van der Waals surface area contributed by atoms with E-state index >= 15 is 0 Å². The Labute approximate surface area is 152 Å². The first kappa shape index (κ1) is 17.0. The van der Waals surface area contributed by atoms with Crippen LogP contribution in [0.1, 0.15) is 18.9 Å². The molecular formula is C21H22O5. The maximum Gasteiger partial charge on any atom is 0.310 e. The van der Waals surface area contributed by atoms with Gasteiger partial charge in [-0.05, 0) is 29.2 Å². The summed E-state index contributed by atoms with van der Waals surface area (Å²) in [7, 11) is 2.67. The van der Waals surface area contributed by atoms with E-state index in [0.717, 1.165) is 5.56 Å². The van der Waals surface area contributed by atoms with Crippen LogP contribution in [-0.4, -0.2) is 31.9 Å². The van der Waals surface area contributed by atoms with Crippen LogP contribution in [-0.2, 0) is 23.9 Å². The number of carbonyl (C=O) groups excluding carboxylic acids is 3. The summed E-state index contributed by atoms with van der Waals surface area (Å²) in [5.41, 5.74) is 1.11. The Hall–Kier alpha value is -2.43. The van der Waals surface area contributed by atoms with Gasteiger partial charge in [0.15, 0.2) is 5.78 Å². The molecule has 3 aliphatic rings. The van der Waals surface area contributed by atoms with Gasteiger partial charge in [0.05, 0.1) is 26.1 Å². The number of Topliss-reactive ketones (excluding diaryl/α,β-unsaturated/α-hetero) is 1. The van der Waals surface area contributed by atoms with Gasteiger partial charge in [0.2, 0.25) is 0 Å². The topological polar surface area (TPSA) is 69.7 Å². The summed E-state index contributed by atoms with van der Waals surface area (Å²) in [5, 5.41) is 0. The Balaban J connectivity index is 1.79. The second-order valence-corrected chi connectivity index (χ2v) is 7.79. The average molecular weight is 354 g/mol. The Morgan fingerprint density at radius 2 is 1.73 bits per heavy atom. The molecule has 0 saturated heterocycles. The fourth-order valence-corrected chi connectivity index (χ4v) is 5.73. The van der Waals surface area contributed by atoms with Gasteiger partial charge in [0, 0.05) is 11.5 Å². The summed E-state index contributed by atoms with van der Waals surface area (Å²) in [5.74, 6) is -2.44. The highest BCUT2D eigenvalue weighted by Gasteiger charge is 2.71. The van der Waals surface area contributed by atoms with Gasteiger partial charge in [-0.3, -0.25) is 14.4 Å². The molecule has 6 atom stereocenters.